The Kier molecular flexibility index (Phi) is 3.97. The normalized spacial score (nSPS) is 16.8. The van der Waals surface area contributed by atoms with Gasteiger partial charge in [-0.15, -0.1) is 11.8 Å². The third kappa shape index (κ3) is 2.89. The van der Waals surface area contributed by atoms with E-state index in [0.29, 0.717) is 11.6 Å². The molecule has 2 heterocycles. The molecule has 1 amide bonds. The van der Waals surface area contributed by atoms with E-state index in [1.54, 1.807) is 28.6 Å². The van der Waals surface area contributed by atoms with Gasteiger partial charge in [0.15, 0.2) is 0 Å². The summed E-state index contributed by atoms with van der Waals surface area (Å²) >= 11 is 1.54. The van der Waals surface area contributed by atoms with Crippen LogP contribution in [0.25, 0.3) is 5.69 Å². The number of carbonyl (C=O) groups excluding carboxylic acids is 1. The Hall–Kier alpha value is -2.73. The predicted octanol–water partition coefficient (Wildman–Crippen LogP) is 3.66. The topological polar surface area (TPSA) is 67.1 Å². The van der Waals surface area contributed by atoms with E-state index in [0.717, 1.165) is 22.5 Å². The van der Waals surface area contributed by atoms with E-state index < -0.39 is 0 Å². The van der Waals surface area contributed by atoms with Crippen LogP contribution in [0.1, 0.15) is 22.1 Å². The molecule has 4 rings (SSSR count). The van der Waals surface area contributed by atoms with E-state index >= 15 is 0 Å². The molecule has 126 valence electrons. The van der Waals surface area contributed by atoms with E-state index in [4.69, 9.17) is 0 Å². The standard InChI is InChI=1S/C19H17N3O2S/c1-12-17-18(13-6-5-9-15(23)10-13)25-11-16(24)20-19(17)22(21-12)14-7-3-2-4-8-14/h2-10,18,23H,11H2,1H3,(H,20,24)/t18-/m1/s1. The van der Waals surface area contributed by atoms with Gasteiger partial charge >= 0.3 is 0 Å². The number of aromatic hydroxyl groups is 1. The van der Waals surface area contributed by atoms with Crippen LogP contribution in [-0.4, -0.2) is 26.5 Å². The highest BCUT2D eigenvalue weighted by Gasteiger charge is 2.30. The van der Waals surface area contributed by atoms with Crippen LogP contribution in [0.4, 0.5) is 5.82 Å². The SMILES string of the molecule is Cc1nn(-c2ccccc2)c2c1[C@@H](c1cccc(O)c1)SCC(=O)N2. The van der Waals surface area contributed by atoms with Gasteiger partial charge in [0.1, 0.15) is 11.6 Å². The number of thioether (sulfide) groups is 1. The summed E-state index contributed by atoms with van der Waals surface area (Å²) in [6.07, 6.45) is 0. The lowest BCUT2D eigenvalue weighted by atomic mass is 10.0. The number of aromatic nitrogens is 2. The molecular weight excluding hydrogens is 334 g/mol. The average Bonchev–Trinajstić information content (AvgIpc) is 2.82. The van der Waals surface area contributed by atoms with Gasteiger partial charge < -0.3 is 10.4 Å². The van der Waals surface area contributed by atoms with Gasteiger partial charge in [0.2, 0.25) is 5.91 Å². The molecule has 0 fully saturated rings. The largest absolute Gasteiger partial charge is 0.508 e. The predicted molar refractivity (Wildman–Crippen MR) is 99.3 cm³/mol. The molecule has 5 nitrogen and oxygen atoms in total. The van der Waals surface area contributed by atoms with Crippen LogP contribution in [0, 0.1) is 6.92 Å². The van der Waals surface area contributed by atoms with Gasteiger partial charge in [-0.25, -0.2) is 4.68 Å². The van der Waals surface area contributed by atoms with E-state index in [-0.39, 0.29) is 16.9 Å². The molecular formula is C19H17N3O2S. The van der Waals surface area contributed by atoms with Gasteiger partial charge in [-0.3, -0.25) is 4.79 Å². The highest BCUT2D eigenvalue weighted by Crippen LogP contribution is 2.44. The lowest BCUT2D eigenvalue weighted by Gasteiger charge is -2.15. The van der Waals surface area contributed by atoms with Crippen molar-refractivity contribution < 1.29 is 9.90 Å². The van der Waals surface area contributed by atoms with Crippen molar-refractivity contribution in [2.24, 2.45) is 0 Å². The van der Waals surface area contributed by atoms with Crippen LogP contribution in [0.2, 0.25) is 0 Å². The maximum Gasteiger partial charge on any atom is 0.235 e. The van der Waals surface area contributed by atoms with Crippen molar-refractivity contribution >= 4 is 23.5 Å². The number of phenolic OH excluding ortho intramolecular Hbond substituents is 1. The smallest absolute Gasteiger partial charge is 0.235 e. The lowest BCUT2D eigenvalue weighted by molar-refractivity contribution is -0.113. The number of hydrogen-bond acceptors (Lipinski definition) is 4. The first-order valence-corrected chi connectivity index (χ1v) is 9.03. The van der Waals surface area contributed by atoms with Crippen molar-refractivity contribution in [3.63, 3.8) is 0 Å². The summed E-state index contributed by atoms with van der Waals surface area (Å²) < 4.78 is 1.78. The molecule has 1 aromatic heterocycles. The molecule has 0 bridgehead atoms. The summed E-state index contributed by atoms with van der Waals surface area (Å²) in [5, 5.41) is 17.4. The Labute approximate surface area is 149 Å². The number of amides is 1. The van der Waals surface area contributed by atoms with Crippen molar-refractivity contribution in [1.29, 1.82) is 0 Å². The number of hydrogen-bond donors (Lipinski definition) is 2. The second-order valence-electron chi connectivity index (χ2n) is 5.93. The number of phenols is 1. The van der Waals surface area contributed by atoms with Crippen molar-refractivity contribution in [2.75, 3.05) is 11.1 Å². The van der Waals surface area contributed by atoms with E-state index in [1.807, 2.05) is 49.4 Å². The summed E-state index contributed by atoms with van der Waals surface area (Å²) in [4.78, 5) is 12.3. The van der Waals surface area contributed by atoms with Gasteiger partial charge in [-0.05, 0) is 36.8 Å². The highest BCUT2D eigenvalue weighted by atomic mass is 32.2. The maximum atomic E-state index is 12.3. The zero-order chi connectivity index (χ0) is 17.4. The van der Waals surface area contributed by atoms with Crippen molar-refractivity contribution in [2.45, 2.75) is 12.2 Å². The molecule has 0 radical (unpaired) electrons. The minimum Gasteiger partial charge on any atom is -0.508 e. The van der Waals surface area contributed by atoms with Crippen LogP contribution in [0.3, 0.4) is 0 Å². The number of carbonyl (C=O) groups is 1. The molecule has 2 aromatic carbocycles. The molecule has 25 heavy (non-hydrogen) atoms. The van der Waals surface area contributed by atoms with Crippen LogP contribution in [0.15, 0.2) is 54.6 Å². The molecule has 0 spiro atoms. The van der Waals surface area contributed by atoms with Crippen molar-refractivity contribution in [1.82, 2.24) is 9.78 Å². The van der Waals surface area contributed by atoms with E-state index in [1.165, 1.54) is 0 Å². The number of fused-ring (bicyclic) bond motifs is 1. The number of nitrogens with zero attached hydrogens (tertiary/aromatic N) is 2. The zero-order valence-electron chi connectivity index (χ0n) is 13.6. The maximum absolute atomic E-state index is 12.3. The zero-order valence-corrected chi connectivity index (χ0v) is 14.5. The molecule has 1 aliphatic rings. The van der Waals surface area contributed by atoms with Gasteiger partial charge in [0, 0.05) is 5.56 Å². The second-order valence-corrected chi connectivity index (χ2v) is 7.02. The van der Waals surface area contributed by atoms with Crippen LogP contribution in [-0.2, 0) is 4.79 Å². The summed E-state index contributed by atoms with van der Waals surface area (Å²) in [6.45, 7) is 1.95. The second kappa shape index (κ2) is 6.29. The highest BCUT2D eigenvalue weighted by molar-refractivity contribution is 8.00. The first kappa shape index (κ1) is 15.8. The molecule has 0 aliphatic carbocycles. The lowest BCUT2D eigenvalue weighted by Crippen LogP contribution is -2.15. The molecule has 0 saturated carbocycles. The Balaban J connectivity index is 1.90. The van der Waals surface area contributed by atoms with Crippen molar-refractivity contribution in [3.8, 4) is 11.4 Å². The molecule has 0 saturated heterocycles. The van der Waals surface area contributed by atoms with Gasteiger partial charge in [0.05, 0.1) is 22.4 Å². The number of nitrogens with one attached hydrogen (secondary N) is 1. The number of anilines is 1. The van der Waals surface area contributed by atoms with Gasteiger partial charge in [-0.1, -0.05) is 30.3 Å². The molecule has 0 unspecified atom stereocenters. The number of benzene rings is 2. The molecule has 1 aliphatic heterocycles. The summed E-state index contributed by atoms with van der Waals surface area (Å²) in [5.41, 5.74) is 3.69. The monoisotopic (exact) mass is 351 g/mol. The minimum atomic E-state index is -0.0708. The quantitative estimate of drug-likeness (QED) is 0.739. The Morgan fingerprint density at radius 1 is 1.20 bits per heavy atom. The van der Waals surface area contributed by atoms with Gasteiger partial charge in [0.25, 0.3) is 0 Å². The Morgan fingerprint density at radius 2 is 2.00 bits per heavy atom. The minimum absolute atomic E-state index is 0.0500. The molecule has 1 atom stereocenters. The number of aryl methyl sites for hydroxylation is 1. The van der Waals surface area contributed by atoms with Crippen molar-refractivity contribution in [3.05, 3.63) is 71.4 Å². The Morgan fingerprint density at radius 3 is 2.76 bits per heavy atom. The third-order valence-electron chi connectivity index (χ3n) is 4.18. The van der Waals surface area contributed by atoms with Gasteiger partial charge in [-0.2, -0.15) is 5.10 Å². The van der Waals surface area contributed by atoms with E-state index in [2.05, 4.69) is 10.4 Å². The summed E-state index contributed by atoms with van der Waals surface area (Å²) in [6, 6.07) is 16.9. The average molecular weight is 351 g/mol. The fourth-order valence-electron chi connectivity index (χ4n) is 3.09. The third-order valence-corrected chi connectivity index (χ3v) is 5.45. The summed E-state index contributed by atoms with van der Waals surface area (Å²) in [7, 11) is 0. The fourth-order valence-corrected chi connectivity index (χ4v) is 4.27. The first-order valence-electron chi connectivity index (χ1n) is 7.99. The molecule has 6 heteroatoms. The number of rotatable bonds is 2. The van der Waals surface area contributed by atoms with Crippen LogP contribution < -0.4 is 5.32 Å². The van der Waals surface area contributed by atoms with E-state index in [9.17, 15) is 9.90 Å². The Bertz CT molecular complexity index is 937. The summed E-state index contributed by atoms with van der Waals surface area (Å²) in [5.74, 6) is 1.22. The molecule has 3 aromatic rings. The van der Waals surface area contributed by atoms with Crippen LogP contribution in [0.5, 0.6) is 5.75 Å². The molecule has 2 N–H and O–H groups in total. The number of para-hydroxylation sites is 1. The van der Waals surface area contributed by atoms with Crippen LogP contribution >= 0.6 is 11.8 Å². The first-order chi connectivity index (χ1) is 12.1. The fraction of sp³-hybridized carbons (Fsp3) is 0.158.